The van der Waals surface area contributed by atoms with Crippen molar-refractivity contribution in [1.82, 2.24) is 9.80 Å². The number of fused-ring (bicyclic) bond motifs is 1. The van der Waals surface area contributed by atoms with Crippen LogP contribution in [-0.4, -0.2) is 59.4 Å². The Morgan fingerprint density at radius 1 is 1.24 bits per heavy atom. The molecule has 3 rings (SSSR count). The van der Waals surface area contributed by atoms with Crippen molar-refractivity contribution in [2.45, 2.75) is 20.8 Å². The summed E-state index contributed by atoms with van der Waals surface area (Å²) in [6.45, 7) is 9.31. The third kappa shape index (κ3) is 3.85. The van der Waals surface area contributed by atoms with Gasteiger partial charge in [0.15, 0.2) is 0 Å². The van der Waals surface area contributed by atoms with Crippen molar-refractivity contribution < 1.29 is 14.6 Å². The maximum absolute atomic E-state index is 11.3. The molecule has 0 unspecified atom stereocenters. The van der Waals surface area contributed by atoms with Crippen molar-refractivity contribution in [2.24, 2.45) is 10.4 Å². The standard InChI is InChI=1S/C19H25N3O3/c1-14-12-25-16-7-5-4-6-15(16)17(20-14)22-10-8-21(9-11-22)13-19(2,3)18(23)24/h4-7,12H,8-11,13H2,1-3H3,(H,23,24). The number of carbonyl (C=O) groups is 1. The van der Waals surface area contributed by atoms with Crippen LogP contribution in [0.15, 0.2) is 41.2 Å². The quantitative estimate of drug-likeness (QED) is 0.913. The fourth-order valence-electron chi connectivity index (χ4n) is 3.14. The molecule has 2 aliphatic rings. The number of benzene rings is 1. The smallest absolute Gasteiger partial charge is 0.310 e. The maximum atomic E-state index is 11.3. The molecule has 2 heterocycles. The average Bonchev–Trinajstić information content (AvgIpc) is 2.75. The van der Waals surface area contributed by atoms with Gasteiger partial charge in [-0.25, -0.2) is 4.99 Å². The van der Waals surface area contributed by atoms with Gasteiger partial charge in [0.25, 0.3) is 0 Å². The molecule has 0 radical (unpaired) electrons. The molecule has 0 aliphatic carbocycles. The van der Waals surface area contributed by atoms with Crippen LogP contribution in [0.4, 0.5) is 0 Å². The van der Waals surface area contributed by atoms with Gasteiger partial charge in [0.2, 0.25) is 0 Å². The minimum atomic E-state index is -0.755. The van der Waals surface area contributed by atoms with Crippen LogP contribution < -0.4 is 4.74 Å². The average molecular weight is 343 g/mol. The number of ether oxygens (including phenoxy) is 1. The molecular weight excluding hydrogens is 318 g/mol. The molecule has 134 valence electrons. The Morgan fingerprint density at radius 3 is 2.60 bits per heavy atom. The second-order valence-corrected chi connectivity index (χ2v) is 7.26. The number of aliphatic imine (C=N–C) groups is 1. The van der Waals surface area contributed by atoms with E-state index in [1.165, 1.54) is 0 Å². The van der Waals surface area contributed by atoms with Gasteiger partial charge in [0.05, 0.1) is 16.7 Å². The number of para-hydroxylation sites is 1. The third-order valence-corrected chi connectivity index (χ3v) is 4.64. The summed E-state index contributed by atoms with van der Waals surface area (Å²) in [4.78, 5) is 20.6. The van der Waals surface area contributed by atoms with Crippen LogP contribution in [0.5, 0.6) is 5.75 Å². The fourth-order valence-corrected chi connectivity index (χ4v) is 3.14. The molecule has 6 heteroatoms. The highest BCUT2D eigenvalue weighted by atomic mass is 16.5. The Labute approximate surface area is 148 Å². The van der Waals surface area contributed by atoms with Crippen molar-refractivity contribution in [3.63, 3.8) is 0 Å². The number of carboxylic acid groups (broad SMARTS) is 1. The predicted octanol–water partition coefficient (Wildman–Crippen LogP) is 2.42. The van der Waals surface area contributed by atoms with E-state index >= 15 is 0 Å². The number of carboxylic acids is 1. The Morgan fingerprint density at radius 2 is 1.92 bits per heavy atom. The summed E-state index contributed by atoms with van der Waals surface area (Å²) in [6.07, 6.45) is 1.68. The van der Waals surface area contributed by atoms with Gasteiger partial charge in [0.1, 0.15) is 17.8 Å². The molecule has 1 fully saturated rings. The van der Waals surface area contributed by atoms with E-state index in [-0.39, 0.29) is 0 Å². The molecular formula is C19H25N3O3. The number of aliphatic carboxylic acids is 1. The number of piperazine rings is 1. The van der Waals surface area contributed by atoms with E-state index in [4.69, 9.17) is 9.73 Å². The molecule has 0 bridgehead atoms. The van der Waals surface area contributed by atoms with Crippen molar-refractivity contribution in [3.05, 3.63) is 41.8 Å². The molecule has 1 saturated heterocycles. The summed E-state index contributed by atoms with van der Waals surface area (Å²) in [5.74, 6) is 0.987. The Kier molecular flexibility index (Phi) is 4.81. The fraction of sp³-hybridized carbons (Fsp3) is 0.474. The largest absolute Gasteiger partial charge is 0.481 e. The van der Waals surface area contributed by atoms with Gasteiger partial charge >= 0.3 is 5.97 Å². The van der Waals surface area contributed by atoms with Crippen LogP contribution in [0.3, 0.4) is 0 Å². The molecule has 1 N–H and O–H groups in total. The van der Waals surface area contributed by atoms with E-state index in [2.05, 4.69) is 9.80 Å². The van der Waals surface area contributed by atoms with Gasteiger partial charge in [-0.1, -0.05) is 12.1 Å². The first-order valence-corrected chi connectivity index (χ1v) is 8.59. The first-order valence-electron chi connectivity index (χ1n) is 8.59. The SMILES string of the molecule is CC1=COc2ccccc2C(N2CCN(CC(C)(C)C(=O)O)CC2)=N1. The minimum Gasteiger partial charge on any atom is -0.481 e. The summed E-state index contributed by atoms with van der Waals surface area (Å²) < 4.78 is 5.72. The third-order valence-electron chi connectivity index (χ3n) is 4.64. The van der Waals surface area contributed by atoms with Crippen LogP contribution in [-0.2, 0) is 4.79 Å². The summed E-state index contributed by atoms with van der Waals surface area (Å²) in [5.41, 5.74) is 1.09. The second kappa shape index (κ2) is 6.88. The molecule has 0 atom stereocenters. The summed E-state index contributed by atoms with van der Waals surface area (Å²) in [6, 6.07) is 7.92. The Bertz CT molecular complexity index is 716. The summed E-state index contributed by atoms with van der Waals surface area (Å²) in [7, 11) is 0. The van der Waals surface area contributed by atoms with Crippen molar-refractivity contribution >= 4 is 11.8 Å². The summed E-state index contributed by atoms with van der Waals surface area (Å²) >= 11 is 0. The van der Waals surface area contributed by atoms with Crippen LogP contribution in [0, 0.1) is 5.41 Å². The van der Waals surface area contributed by atoms with E-state index in [1.54, 1.807) is 20.1 Å². The first-order chi connectivity index (χ1) is 11.9. The van der Waals surface area contributed by atoms with Gasteiger partial charge in [-0.05, 0) is 32.9 Å². The molecule has 1 aromatic carbocycles. The maximum Gasteiger partial charge on any atom is 0.310 e. The van der Waals surface area contributed by atoms with Crippen molar-refractivity contribution in [2.75, 3.05) is 32.7 Å². The number of allylic oxidation sites excluding steroid dienone is 1. The van der Waals surface area contributed by atoms with E-state index in [0.29, 0.717) is 6.54 Å². The highest BCUT2D eigenvalue weighted by Crippen LogP contribution is 2.26. The zero-order valence-electron chi connectivity index (χ0n) is 15.0. The lowest BCUT2D eigenvalue weighted by molar-refractivity contribution is -0.148. The van der Waals surface area contributed by atoms with Crippen molar-refractivity contribution in [3.8, 4) is 5.75 Å². The van der Waals surface area contributed by atoms with Crippen molar-refractivity contribution in [1.29, 1.82) is 0 Å². The Hall–Kier alpha value is -2.34. The zero-order chi connectivity index (χ0) is 18.0. The van der Waals surface area contributed by atoms with Gasteiger partial charge in [0, 0.05) is 32.7 Å². The monoisotopic (exact) mass is 343 g/mol. The lowest BCUT2D eigenvalue weighted by atomic mass is 9.93. The van der Waals surface area contributed by atoms with Gasteiger partial charge < -0.3 is 14.7 Å². The van der Waals surface area contributed by atoms with Crippen LogP contribution in [0.2, 0.25) is 0 Å². The van der Waals surface area contributed by atoms with Crippen LogP contribution in [0.1, 0.15) is 26.3 Å². The number of hydrogen-bond acceptors (Lipinski definition) is 5. The molecule has 2 aliphatic heterocycles. The molecule has 0 aromatic heterocycles. The molecule has 0 spiro atoms. The van der Waals surface area contributed by atoms with Crippen LogP contribution in [0.25, 0.3) is 0 Å². The summed E-state index contributed by atoms with van der Waals surface area (Å²) in [5, 5.41) is 9.32. The van der Waals surface area contributed by atoms with Crippen LogP contribution >= 0.6 is 0 Å². The van der Waals surface area contributed by atoms with Gasteiger partial charge in [-0.15, -0.1) is 0 Å². The lowest BCUT2D eigenvalue weighted by Crippen LogP contribution is -2.52. The number of hydrogen-bond donors (Lipinski definition) is 1. The van der Waals surface area contributed by atoms with Gasteiger partial charge in [-0.2, -0.15) is 0 Å². The van der Waals surface area contributed by atoms with E-state index < -0.39 is 11.4 Å². The highest BCUT2D eigenvalue weighted by Gasteiger charge is 2.32. The van der Waals surface area contributed by atoms with E-state index in [1.807, 2.05) is 31.2 Å². The predicted molar refractivity (Wildman–Crippen MR) is 96.8 cm³/mol. The van der Waals surface area contributed by atoms with E-state index in [0.717, 1.165) is 49.0 Å². The normalized spacial score (nSPS) is 18.6. The topological polar surface area (TPSA) is 65.4 Å². The number of amidine groups is 1. The second-order valence-electron chi connectivity index (χ2n) is 7.26. The molecule has 0 amide bonds. The van der Waals surface area contributed by atoms with Gasteiger partial charge in [-0.3, -0.25) is 9.69 Å². The first kappa shape index (κ1) is 17.5. The number of rotatable bonds is 3. The zero-order valence-corrected chi connectivity index (χ0v) is 15.0. The molecule has 1 aromatic rings. The van der Waals surface area contributed by atoms with E-state index in [9.17, 15) is 9.90 Å². The lowest BCUT2D eigenvalue weighted by Gasteiger charge is -2.39. The number of nitrogens with zero attached hydrogens (tertiary/aromatic N) is 3. The highest BCUT2D eigenvalue weighted by molar-refractivity contribution is 6.02. The molecule has 6 nitrogen and oxygen atoms in total. The Balaban J connectivity index is 1.73. The molecule has 0 saturated carbocycles. The minimum absolute atomic E-state index is 0.557. The molecule has 25 heavy (non-hydrogen) atoms.